The van der Waals surface area contributed by atoms with E-state index in [2.05, 4.69) is 43.2 Å². The summed E-state index contributed by atoms with van der Waals surface area (Å²) in [7, 11) is 0. The number of primary amides is 1. The fraction of sp³-hybridized carbons (Fsp3) is 0.389. The van der Waals surface area contributed by atoms with Gasteiger partial charge in [-0.2, -0.15) is 0 Å². The summed E-state index contributed by atoms with van der Waals surface area (Å²) < 4.78 is 0. The molecule has 0 atom stereocenters. The molecule has 26 heavy (non-hydrogen) atoms. The number of nitrogens with one attached hydrogen (secondary N) is 3. The number of carbonyl (C=O) groups excluding carboxylic acids is 1. The Balaban J connectivity index is 1.74. The third-order valence-corrected chi connectivity index (χ3v) is 4.09. The minimum atomic E-state index is -0.604. The molecule has 3 rings (SSSR count). The van der Waals surface area contributed by atoms with Gasteiger partial charge in [-0.05, 0) is 38.1 Å². The SMILES string of the molecule is CC(C)Nc1cc(Nc2ccc(N3CCNCC3)cc2)nnc1C(N)=O. The minimum Gasteiger partial charge on any atom is -0.381 e. The summed E-state index contributed by atoms with van der Waals surface area (Å²) in [4.78, 5) is 13.9. The Bertz CT molecular complexity index is 755. The van der Waals surface area contributed by atoms with Crippen molar-refractivity contribution in [2.24, 2.45) is 5.73 Å². The first-order valence-electron chi connectivity index (χ1n) is 8.80. The second-order valence-corrected chi connectivity index (χ2v) is 6.56. The van der Waals surface area contributed by atoms with Crippen LogP contribution < -0.4 is 26.6 Å². The van der Waals surface area contributed by atoms with Gasteiger partial charge < -0.3 is 26.6 Å². The number of amides is 1. The van der Waals surface area contributed by atoms with Crippen molar-refractivity contribution in [3.05, 3.63) is 36.0 Å². The predicted octanol–water partition coefficient (Wildman–Crippen LogP) is 1.55. The second kappa shape index (κ2) is 8.01. The van der Waals surface area contributed by atoms with Crippen molar-refractivity contribution in [1.29, 1.82) is 0 Å². The topological polar surface area (TPSA) is 108 Å². The first-order chi connectivity index (χ1) is 12.5. The van der Waals surface area contributed by atoms with Gasteiger partial charge in [-0.3, -0.25) is 4.79 Å². The lowest BCUT2D eigenvalue weighted by Crippen LogP contribution is -2.43. The maximum atomic E-state index is 11.5. The van der Waals surface area contributed by atoms with E-state index in [4.69, 9.17) is 5.73 Å². The van der Waals surface area contributed by atoms with Gasteiger partial charge in [0.2, 0.25) is 0 Å². The van der Waals surface area contributed by atoms with Crippen LogP contribution in [0.25, 0.3) is 0 Å². The molecule has 0 saturated carbocycles. The lowest BCUT2D eigenvalue weighted by Gasteiger charge is -2.29. The Morgan fingerprint density at radius 3 is 2.50 bits per heavy atom. The van der Waals surface area contributed by atoms with Gasteiger partial charge in [0.1, 0.15) is 0 Å². The van der Waals surface area contributed by atoms with E-state index in [9.17, 15) is 4.79 Å². The maximum Gasteiger partial charge on any atom is 0.271 e. The van der Waals surface area contributed by atoms with Gasteiger partial charge in [-0.25, -0.2) is 0 Å². The molecule has 138 valence electrons. The van der Waals surface area contributed by atoms with Crippen LogP contribution in [0.2, 0.25) is 0 Å². The summed E-state index contributed by atoms with van der Waals surface area (Å²) in [6.07, 6.45) is 0. The van der Waals surface area contributed by atoms with Gasteiger partial charge in [0.25, 0.3) is 5.91 Å². The van der Waals surface area contributed by atoms with Crippen LogP contribution in [0.5, 0.6) is 0 Å². The number of aromatic nitrogens is 2. The average Bonchev–Trinajstić information content (AvgIpc) is 2.62. The van der Waals surface area contributed by atoms with Crippen molar-refractivity contribution in [2.45, 2.75) is 19.9 Å². The molecule has 1 fully saturated rings. The summed E-state index contributed by atoms with van der Waals surface area (Å²) in [6.45, 7) is 8.00. The largest absolute Gasteiger partial charge is 0.381 e. The Kier molecular flexibility index (Phi) is 5.52. The Labute approximate surface area is 153 Å². The Morgan fingerprint density at radius 1 is 1.19 bits per heavy atom. The summed E-state index contributed by atoms with van der Waals surface area (Å²) in [5, 5.41) is 17.8. The van der Waals surface area contributed by atoms with Crippen LogP contribution in [-0.2, 0) is 0 Å². The third-order valence-electron chi connectivity index (χ3n) is 4.09. The zero-order chi connectivity index (χ0) is 18.5. The quantitative estimate of drug-likeness (QED) is 0.622. The van der Waals surface area contributed by atoms with E-state index in [1.807, 2.05) is 26.0 Å². The molecule has 5 N–H and O–H groups in total. The number of rotatable bonds is 6. The summed E-state index contributed by atoms with van der Waals surface area (Å²) >= 11 is 0. The molecule has 0 spiro atoms. The average molecular weight is 355 g/mol. The lowest BCUT2D eigenvalue weighted by atomic mass is 10.2. The van der Waals surface area contributed by atoms with E-state index in [-0.39, 0.29) is 11.7 Å². The van der Waals surface area contributed by atoms with Gasteiger partial charge >= 0.3 is 0 Å². The summed E-state index contributed by atoms with van der Waals surface area (Å²) in [6, 6.07) is 10.1. The highest BCUT2D eigenvalue weighted by atomic mass is 16.1. The molecule has 2 heterocycles. The molecule has 2 aromatic rings. The van der Waals surface area contributed by atoms with Gasteiger partial charge in [-0.15, -0.1) is 10.2 Å². The number of carbonyl (C=O) groups is 1. The van der Waals surface area contributed by atoms with Crippen molar-refractivity contribution in [2.75, 3.05) is 41.7 Å². The van der Waals surface area contributed by atoms with Crippen molar-refractivity contribution in [3.8, 4) is 0 Å². The number of nitrogens with zero attached hydrogens (tertiary/aromatic N) is 3. The highest BCUT2D eigenvalue weighted by Gasteiger charge is 2.14. The van der Waals surface area contributed by atoms with Crippen LogP contribution in [0.15, 0.2) is 30.3 Å². The monoisotopic (exact) mass is 355 g/mol. The van der Waals surface area contributed by atoms with Crippen molar-refractivity contribution >= 4 is 28.8 Å². The van der Waals surface area contributed by atoms with E-state index in [1.165, 1.54) is 5.69 Å². The van der Waals surface area contributed by atoms with E-state index in [0.717, 1.165) is 31.9 Å². The fourth-order valence-electron chi connectivity index (χ4n) is 2.88. The molecule has 1 saturated heterocycles. The van der Waals surface area contributed by atoms with E-state index in [0.29, 0.717) is 11.5 Å². The zero-order valence-electron chi connectivity index (χ0n) is 15.1. The number of anilines is 4. The van der Waals surface area contributed by atoms with Gasteiger partial charge in [0, 0.05) is 49.7 Å². The molecular formula is C18H25N7O. The van der Waals surface area contributed by atoms with Gasteiger partial charge in [-0.1, -0.05) is 0 Å². The van der Waals surface area contributed by atoms with Crippen molar-refractivity contribution in [1.82, 2.24) is 15.5 Å². The van der Waals surface area contributed by atoms with Crippen LogP contribution in [0.3, 0.4) is 0 Å². The molecular weight excluding hydrogens is 330 g/mol. The number of hydrogen-bond acceptors (Lipinski definition) is 7. The lowest BCUT2D eigenvalue weighted by molar-refractivity contribution is 0.0995. The van der Waals surface area contributed by atoms with Crippen molar-refractivity contribution < 1.29 is 4.79 Å². The fourth-order valence-corrected chi connectivity index (χ4v) is 2.88. The molecule has 1 aliphatic rings. The molecule has 0 bridgehead atoms. The van der Waals surface area contributed by atoms with Gasteiger partial charge in [0.05, 0.1) is 5.69 Å². The second-order valence-electron chi connectivity index (χ2n) is 6.56. The minimum absolute atomic E-state index is 0.137. The molecule has 0 radical (unpaired) electrons. The van der Waals surface area contributed by atoms with E-state index >= 15 is 0 Å². The first kappa shape index (κ1) is 17.9. The number of hydrogen-bond donors (Lipinski definition) is 4. The molecule has 1 aromatic heterocycles. The maximum absolute atomic E-state index is 11.5. The number of nitrogens with two attached hydrogens (primary N) is 1. The van der Waals surface area contributed by atoms with Crippen LogP contribution in [-0.4, -0.2) is 48.3 Å². The smallest absolute Gasteiger partial charge is 0.271 e. The molecule has 0 unspecified atom stereocenters. The van der Waals surface area contributed by atoms with E-state index < -0.39 is 5.91 Å². The van der Waals surface area contributed by atoms with Crippen LogP contribution in [0, 0.1) is 0 Å². The Hall–Kier alpha value is -2.87. The molecule has 1 amide bonds. The summed E-state index contributed by atoms with van der Waals surface area (Å²) in [5.74, 6) is -0.0550. The molecule has 8 heteroatoms. The molecule has 1 aromatic carbocycles. The van der Waals surface area contributed by atoms with Crippen molar-refractivity contribution in [3.63, 3.8) is 0 Å². The first-order valence-corrected chi connectivity index (χ1v) is 8.80. The highest BCUT2D eigenvalue weighted by Crippen LogP contribution is 2.23. The molecule has 0 aliphatic carbocycles. The summed E-state index contributed by atoms with van der Waals surface area (Å²) in [5.41, 5.74) is 8.18. The van der Waals surface area contributed by atoms with E-state index in [1.54, 1.807) is 6.07 Å². The predicted molar refractivity (Wildman–Crippen MR) is 104 cm³/mol. The number of benzene rings is 1. The van der Waals surface area contributed by atoms with Crippen LogP contribution >= 0.6 is 0 Å². The zero-order valence-corrected chi connectivity index (χ0v) is 15.1. The molecule has 1 aliphatic heterocycles. The van der Waals surface area contributed by atoms with Gasteiger partial charge in [0.15, 0.2) is 11.5 Å². The Morgan fingerprint density at radius 2 is 1.88 bits per heavy atom. The van der Waals surface area contributed by atoms with Crippen LogP contribution in [0.4, 0.5) is 22.9 Å². The highest BCUT2D eigenvalue weighted by molar-refractivity contribution is 5.96. The standard InChI is InChI=1S/C18H25N7O/c1-12(2)21-15-11-16(23-24-17(15)18(19)26)22-13-3-5-14(6-4-13)25-9-7-20-8-10-25/h3-6,11-12,20H,7-10H2,1-2H3,(H2,19,26)(H2,21,22,23). The third kappa shape index (κ3) is 4.40. The van der Waals surface area contributed by atoms with Crippen LogP contribution in [0.1, 0.15) is 24.3 Å². The normalized spacial score (nSPS) is 14.3. The number of piperazine rings is 1. The molecule has 8 nitrogen and oxygen atoms in total.